The van der Waals surface area contributed by atoms with Crippen LogP contribution in [0.5, 0.6) is 5.75 Å². The van der Waals surface area contributed by atoms with Gasteiger partial charge in [-0.2, -0.15) is 13.2 Å². The SMILES string of the molecule is [O]c1ccc(F)cc1C(F)(F)F. The van der Waals surface area contributed by atoms with Gasteiger partial charge in [0.1, 0.15) is 11.4 Å². The summed E-state index contributed by atoms with van der Waals surface area (Å²) >= 11 is 0. The summed E-state index contributed by atoms with van der Waals surface area (Å²) in [6.07, 6.45) is -4.78. The zero-order valence-electron chi connectivity index (χ0n) is 5.65. The van der Waals surface area contributed by atoms with E-state index in [1.807, 2.05) is 0 Å². The fourth-order valence-electron chi connectivity index (χ4n) is 0.724. The monoisotopic (exact) mass is 179 g/mol. The van der Waals surface area contributed by atoms with Crippen molar-refractivity contribution < 1.29 is 22.7 Å². The first-order valence-electron chi connectivity index (χ1n) is 2.95. The highest BCUT2D eigenvalue weighted by molar-refractivity contribution is 5.34. The van der Waals surface area contributed by atoms with E-state index in [4.69, 9.17) is 0 Å². The van der Waals surface area contributed by atoms with Crippen LogP contribution in [0.15, 0.2) is 18.2 Å². The highest BCUT2D eigenvalue weighted by Crippen LogP contribution is 2.35. The quantitative estimate of drug-likeness (QED) is 0.545. The van der Waals surface area contributed by atoms with E-state index in [1.54, 1.807) is 0 Å². The predicted molar refractivity (Wildman–Crippen MR) is 31.5 cm³/mol. The summed E-state index contributed by atoms with van der Waals surface area (Å²) in [7, 11) is 0. The summed E-state index contributed by atoms with van der Waals surface area (Å²) in [5.41, 5.74) is -1.47. The van der Waals surface area contributed by atoms with Gasteiger partial charge >= 0.3 is 6.18 Å². The van der Waals surface area contributed by atoms with Gasteiger partial charge in [-0.25, -0.2) is 4.39 Å². The highest BCUT2D eigenvalue weighted by Gasteiger charge is 2.34. The van der Waals surface area contributed by atoms with E-state index in [-0.39, 0.29) is 6.07 Å². The van der Waals surface area contributed by atoms with Crippen LogP contribution in [-0.2, 0) is 11.3 Å². The molecule has 65 valence electrons. The van der Waals surface area contributed by atoms with Gasteiger partial charge in [0.15, 0.2) is 5.75 Å². The molecule has 0 fully saturated rings. The molecule has 1 nitrogen and oxygen atoms in total. The fraction of sp³-hybridized carbons (Fsp3) is 0.143. The maximum absolute atomic E-state index is 12.2. The standard InChI is InChI=1S/C7H3F4O/c8-4-1-2-6(12)5(3-4)7(9,10)11/h1-3H. The Labute approximate surface area is 65.3 Å². The van der Waals surface area contributed by atoms with Gasteiger partial charge in [-0.1, -0.05) is 0 Å². The molecule has 12 heavy (non-hydrogen) atoms. The van der Waals surface area contributed by atoms with Gasteiger partial charge in [0.05, 0.1) is 0 Å². The fourth-order valence-corrected chi connectivity index (χ4v) is 0.724. The van der Waals surface area contributed by atoms with Gasteiger partial charge in [0.25, 0.3) is 0 Å². The maximum Gasteiger partial charge on any atom is 0.420 e. The second-order valence-electron chi connectivity index (χ2n) is 2.14. The molecular weight excluding hydrogens is 176 g/mol. The number of alkyl halides is 3. The van der Waals surface area contributed by atoms with E-state index in [2.05, 4.69) is 0 Å². The molecule has 1 rings (SSSR count). The number of hydrogen-bond acceptors (Lipinski definition) is 0. The van der Waals surface area contributed by atoms with Crippen LogP contribution in [0.3, 0.4) is 0 Å². The number of hydrogen-bond donors (Lipinski definition) is 0. The van der Waals surface area contributed by atoms with Crippen LogP contribution in [0.4, 0.5) is 17.6 Å². The molecule has 0 saturated heterocycles. The molecule has 0 saturated carbocycles. The molecule has 0 unspecified atom stereocenters. The van der Waals surface area contributed by atoms with Gasteiger partial charge in [-0.3, -0.25) is 5.11 Å². The minimum absolute atomic E-state index is 0.183. The van der Waals surface area contributed by atoms with E-state index < -0.39 is 23.3 Å². The van der Waals surface area contributed by atoms with Crippen molar-refractivity contribution in [3.05, 3.63) is 29.6 Å². The van der Waals surface area contributed by atoms with E-state index in [0.29, 0.717) is 12.1 Å². The number of halogens is 4. The molecule has 5 heteroatoms. The molecule has 1 radical (unpaired) electrons. The Bertz CT molecular complexity index is 292. The van der Waals surface area contributed by atoms with Crippen molar-refractivity contribution in [2.45, 2.75) is 6.18 Å². The molecule has 0 N–H and O–H groups in total. The Kier molecular flexibility index (Phi) is 1.95. The molecule has 0 bridgehead atoms. The largest absolute Gasteiger partial charge is 0.420 e. The Hall–Kier alpha value is -1.26. The molecule has 0 aliphatic heterocycles. The lowest BCUT2D eigenvalue weighted by Crippen LogP contribution is -2.05. The minimum atomic E-state index is -4.78. The summed E-state index contributed by atoms with van der Waals surface area (Å²) in [4.78, 5) is 0. The van der Waals surface area contributed by atoms with Gasteiger partial charge in [0, 0.05) is 0 Å². The Morgan fingerprint density at radius 2 is 1.75 bits per heavy atom. The second kappa shape index (κ2) is 2.66. The van der Waals surface area contributed by atoms with Crippen molar-refractivity contribution in [3.63, 3.8) is 0 Å². The average molecular weight is 179 g/mol. The Morgan fingerprint density at radius 1 is 1.17 bits per heavy atom. The molecule has 0 amide bonds. The number of benzene rings is 1. The van der Waals surface area contributed by atoms with E-state index in [0.717, 1.165) is 0 Å². The molecule has 1 aromatic rings. The highest BCUT2D eigenvalue weighted by atomic mass is 19.4. The first-order valence-corrected chi connectivity index (χ1v) is 2.95. The average Bonchev–Trinajstić information content (AvgIpc) is 1.92. The zero-order chi connectivity index (χ0) is 9.35. The van der Waals surface area contributed by atoms with Crippen molar-refractivity contribution in [1.29, 1.82) is 0 Å². The van der Waals surface area contributed by atoms with Gasteiger partial charge < -0.3 is 0 Å². The predicted octanol–water partition coefficient (Wildman–Crippen LogP) is 2.99. The summed E-state index contributed by atoms with van der Waals surface area (Å²) in [5.74, 6) is -2.29. The summed E-state index contributed by atoms with van der Waals surface area (Å²) < 4.78 is 47.8. The van der Waals surface area contributed by atoms with Crippen molar-refractivity contribution in [3.8, 4) is 5.75 Å². The first kappa shape index (κ1) is 8.83. The van der Waals surface area contributed by atoms with Gasteiger partial charge in [-0.15, -0.1) is 0 Å². The summed E-state index contributed by atoms with van der Waals surface area (Å²) in [6.45, 7) is 0. The normalized spacial score (nSPS) is 11.7. The summed E-state index contributed by atoms with van der Waals surface area (Å²) in [6, 6.07) is 1.43. The van der Waals surface area contributed by atoms with Crippen LogP contribution in [0.1, 0.15) is 5.56 Å². The minimum Gasteiger partial charge on any atom is -0.289 e. The molecule has 0 aliphatic rings. The first-order chi connectivity index (χ1) is 5.41. The zero-order valence-corrected chi connectivity index (χ0v) is 5.65. The Morgan fingerprint density at radius 3 is 2.17 bits per heavy atom. The van der Waals surface area contributed by atoms with Crippen molar-refractivity contribution in [2.75, 3.05) is 0 Å². The second-order valence-corrected chi connectivity index (χ2v) is 2.14. The topological polar surface area (TPSA) is 19.9 Å². The molecule has 0 aromatic heterocycles. The lowest BCUT2D eigenvalue weighted by atomic mass is 10.2. The van der Waals surface area contributed by atoms with Crippen LogP contribution in [0.2, 0.25) is 0 Å². The molecule has 0 heterocycles. The van der Waals surface area contributed by atoms with Crippen LogP contribution in [0.25, 0.3) is 0 Å². The van der Waals surface area contributed by atoms with E-state index in [9.17, 15) is 22.7 Å². The maximum atomic E-state index is 12.2. The van der Waals surface area contributed by atoms with Crippen molar-refractivity contribution >= 4 is 0 Å². The third kappa shape index (κ3) is 1.66. The number of rotatable bonds is 0. The van der Waals surface area contributed by atoms with Crippen molar-refractivity contribution in [2.24, 2.45) is 0 Å². The lowest BCUT2D eigenvalue weighted by molar-refractivity contribution is -0.139. The van der Waals surface area contributed by atoms with Crippen LogP contribution >= 0.6 is 0 Å². The third-order valence-electron chi connectivity index (χ3n) is 1.25. The van der Waals surface area contributed by atoms with E-state index >= 15 is 0 Å². The van der Waals surface area contributed by atoms with Crippen LogP contribution in [-0.4, -0.2) is 0 Å². The van der Waals surface area contributed by atoms with Crippen molar-refractivity contribution in [1.82, 2.24) is 0 Å². The van der Waals surface area contributed by atoms with Crippen LogP contribution < -0.4 is 0 Å². The third-order valence-corrected chi connectivity index (χ3v) is 1.25. The smallest absolute Gasteiger partial charge is 0.289 e. The molecule has 0 atom stereocenters. The van der Waals surface area contributed by atoms with Gasteiger partial charge in [-0.05, 0) is 18.2 Å². The summed E-state index contributed by atoms with van der Waals surface area (Å²) in [5, 5.41) is 10.5. The van der Waals surface area contributed by atoms with Crippen LogP contribution in [0, 0.1) is 5.82 Å². The van der Waals surface area contributed by atoms with Gasteiger partial charge in [0.2, 0.25) is 0 Å². The lowest BCUT2D eigenvalue weighted by Gasteiger charge is -2.06. The Balaban J connectivity index is 3.23. The molecule has 1 aromatic carbocycles. The van der Waals surface area contributed by atoms with E-state index in [1.165, 1.54) is 0 Å². The molecular formula is C7H3F4O. The molecule has 0 spiro atoms. The molecule has 0 aliphatic carbocycles.